The Balaban J connectivity index is 1.55. The number of thioether (sulfide) groups is 1. The molecule has 1 N–H and O–H groups in total. The van der Waals surface area contributed by atoms with Crippen LogP contribution in [-0.4, -0.2) is 50.4 Å². The predicted molar refractivity (Wildman–Crippen MR) is 108 cm³/mol. The maximum Gasteiger partial charge on any atom is 0.214 e. The van der Waals surface area contributed by atoms with Gasteiger partial charge in [-0.1, -0.05) is 23.9 Å². The minimum absolute atomic E-state index is 0.187. The van der Waals surface area contributed by atoms with Crippen LogP contribution in [0.3, 0.4) is 0 Å². The summed E-state index contributed by atoms with van der Waals surface area (Å²) in [5.41, 5.74) is 3.23. The van der Waals surface area contributed by atoms with E-state index in [0.29, 0.717) is 23.3 Å². The van der Waals surface area contributed by atoms with Gasteiger partial charge in [-0.25, -0.2) is 0 Å². The number of aryl methyl sites for hydroxylation is 1. The van der Waals surface area contributed by atoms with Gasteiger partial charge in [-0.15, -0.1) is 5.10 Å². The SMILES string of the molecule is CCOc1ccc(OCC(O)CSc2nnnn2-c2cccc(C)c2C)cc1. The van der Waals surface area contributed by atoms with E-state index < -0.39 is 6.10 Å². The van der Waals surface area contributed by atoms with Crippen LogP contribution < -0.4 is 9.47 Å². The van der Waals surface area contributed by atoms with Crippen molar-refractivity contribution in [3.63, 3.8) is 0 Å². The molecule has 0 saturated carbocycles. The molecule has 0 aliphatic carbocycles. The normalized spacial score (nSPS) is 12.0. The summed E-state index contributed by atoms with van der Waals surface area (Å²) in [5, 5.41) is 22.8. The number of rotatable bonds is 9. The number of hydrogen-bond acceptors (Lipinski definition) is 7. The Morgan fingerprint density at radius 2 is 1.79 bits per heavy atom. The standard InChI is InChI=1S/C20H24N4O3S/c1-4-26-17-8-10-18(11-9-17)27-12-16(25)13-28-20-21-22-23-24(20)19-7-5-6-14(2)15(19)3/h5-11,16,25H,4,12-13H2,1-3H3. The van der Waals surface area contributed by atoms with Gasteiger partial charge in [0.2, 0.25) is 5.16 Å². The highest BCUT2D eigenvalue weighted by molar-refractivity contribution is 7.99. The lowest BCUT2D eigenvalue weighted by Crippen LogP contribution is -2.20. The first-order valence-electron chi connectivity index (χ1n) is 9.10. The van der Waals surface area contributed by atoms with Gasteiger partial charge in [0.1, 0.15) is 18.1 Å². The number of aliphatic hydroxyl groups excluding tert-OH is 1. The minimum Gasteiger partial charge on any atom is -0.494 e. The Labute approximate surface area is 168 Å². The number of ether oxygens (including phenoxy) is 2. The molecule has 0 fully saturated rings. The van der Waals surface area contributed by atoms with E-state index in [1.54, 1.807) is 4.68 Å². The van der Waals surface area contributed by atoms with Crippen LogP contribution in [0.4, 0.5) is 0 Å². The Morgan fingerprint density at radius 1 is 1.07 bits per heavy atom. The van der Waals surface area contributed by atoms with Gasteiger partial charge < -0.3 is 14.6 Å². The predicted octanol–water partition coefficient (Wildman–Crippen LogP) is 3.21. The molecule has 3 aromatic rings. The number of hydrogen-bond donors (Lipinski definition) is 1. The lowest BCUT2D eigenvalue weighted by molar-refractivity contribution is 0.126. The van der Waals surface area contributed by atoms with Gasteiger partial charge >= 0.3 is 0 Å². The molecule has 148 valence electrons. The van der Waals surface area contributed by atoms with Gasteiger partial charge in [0, 0.05) is 5.75 Å². The highest BCUT2D eigenvalue weighted by atomic mass is 32.2. The number of tetrazole rings is 1. The first kappa shape index (κ1) is 20.2. The third-order valence-electron chi connectivity index (χ3n) is 4.23. The van der Waals surface area contributed by atoms with E-state index in [9.17, 15) is 5.11 Å². The topological polar surface area (TPSA) is 82.3 Å². The van der Waals surface area contributed by atoms with Crippen molar-refractivity contribution < 1.29 is 14.6 Å². The summed E-state index contributed by atoms with van der Waals surface area (Å²) in [6, 6.07) is 13.4. The van der Waals surface area contributed by atoms with Gasteiger partial charge in [0.25, 0.3) is 0 Å². The zero-order valence-corrected chi connectivity index (χ0v) is 17.0. The van der Waals surface area contributed by atoms with E-state index in [1.165, 1.54) is 17.3 Å². The van der Waals surface area contributed by atoms with Crippen molar-refractivity contribution in [1.29, 1.82) is 0 Å². The molecule has 1 heterocycles. The van der Waals surface area contributed by atoms with Crippen molar-refractivity contribution in [3.05, 3.63) is 53.6 Å². The zero-order valence-electron chi connectivity index (χ0n) is 16.2. The molecule has 0 aliphatic rings. The van der Waals surface area contributed by atoms with E-state index in [4.69, 9.17) is 9.47 Å². The molecule has 0 aliphatic heterocycles. The van der Waals surface area contributed by atoms with Crippen molar-refractivity contribution in [3.8, 4) is 17.2 Å². The third-order valence-corrected chi connectivity index (χ3v) is 5.29. The maximum absolute atomic E-state index is 10.3. The van der Waals surface area contributed by atoms with Gasteiger partial charge in [0.05, 0.1) is 18.4 Å². The van der Waals surface area contributed by atoms with E-state index in [1.807, 2.05) is 50.2 Å². The summed E-state index contributed by atoms with van der Waals surface area (Å²) >= 11 is 1.39. The van der Waals surface area contributed by atoms with E-state index in [2.05, 4.69) is 28.5 Å². The van der Waals surface area contributed by atoms with E-state index in [-0.39, 0.29) is 6.61 Å². The van der Waals surface area contributed by atoms with Crippen molar-refractivity contribution >= 4 is 11.8 Å². The Kier molecular flexibility index (Phi) is 6.89. The molecule has 0 bridgehead atoms. The fourth-order valence-electron chi connectivity index (χ4n) is 2.60. The average molecular weight is 401 g/mol. The third kappa shape index (κ3) is 5.02. The highest BCUT2D eigenvalue weighted by Crippen LogP contribution is 2.23. The molecule has 1 unspecified atom stereocenters. The first-order chi connectivity index (χ1) is 13.6. The molecule has 0 spiro atoms. The van der Waals surface area contributed by atoms with Gasteiger partial charge in [-0.05, 0) is 72.7 Å². The number of nitrogens with zero attached hydrogens (tertiary/aromatic N) is 4. The molecule has 2 aromatic carbocycles. The molecule has 1 aromatic heterocycles. The lowest BCUT2D eigenvalue weighted by atomic mass is 10.1. The highest BCUT2D eigenvalue weighted by Gasteiger charge is 2.14. The van der Waals surface area contributed by atoms with Crippen molar-refractivity contribution in [2.45, 2.75) is 32.0 Å². The summed E-state index contributed by atoms with van der Waals surface area (Å²) in [6.07, 6.45) is -0.652. The molecule has 0 radical (unpaired) electrons. The number of aliphatic hydroxyl groups is 1. The number of benzene rings is 2. The van der Waals surface area contributed by atoms with Gasteiger partial charge in [-0.2, -0.15) is 4.68 Å². The fourth-order valence-corrected chi connectivity index (χ4v) is 3.38. The smallest absolute Gasteiger partial charge is 0.214 e. The molecule has 28 heavy (non-hydrogen) atoms. The molecule has 0 amide bonds. The molecule has 0 saturated heterocycles. The Bertz CT molecular complexity index is 899. The summed E-state index contributed by atoms with van der Waals surface area (Å²) in [6.45, 7) is 6.84. The first-order valence-corrected chi connectivity index (χ1v) is 10.1. The van der Waals surface area contributed by atoms with Gasteiger partial charge in [-0.3, -0.25) is 0 Å². The summed E-state index contributed by atoms with van der Waals surface area (Å²) in [5.74, 6) is 1.90. The van der Waals surface area contributed by atoms with Crippen molar-refractivity contribution in [2.75, 3.05) is 19.0 Å². The van der Waals surface area contributed by atoms with Crippen LogP contribution in [0.15, 0.2) is 47.6 Å². The lowest BCUT2D eigenvalue weighted by Gasteiger charge is -2.13. The monoisotopic (exact) mass is 400 g/mol. The zero-order chi connectivity index (χ0) is 19.9. The second-order valence-electron chi connectivity index (χ2n) is 6.27. The largest absolute Gasteiger partial charge is 0.494 e. The molecular formula is C20H24N4O3S. The molecule has 8 heteroatoms. The molecule has 1 atom stereocenters. The van der Waals surface area contributed by atoms with Crippen LogP contribution in [0.25, 0.3) is 5.69 Å². The summed E-state index contributed by atoms with van der Waals surface area (Å²) < 4.78 is 12.7. The second kappa shape index (κ2) is 9.57. The van der Waals surface area contributed by atoms with Crippen LogP contribution in [-0.2, 0) is 0 Å². The molecular weight excluding hydrogens is 376 g/mol. The number of aromatic nitrogens is 4. The Morgan fingerprint density at radius 3 is 2.50 bits per heavy atom. The van der Waals surface area contributed by atoms with E-state index in [0.717, 1.165) is 17.0 Å². The van der Waals surface area contributed by atoms with Crippen LogP contribution >= 0.6 is 11.8 Å². The van der Waals surface area contributed by atoms with E-state index >= 15 is 0 Å². The summed E-state index contributed by atoms with van der Waals surface area (Å²) in [7, 11) is 0. The summed E-state index contributed by atoms with van der Waals surface area (Å²) in [4.78, 5) is 0. The van der Waals surface area contributed by atoms with Crippen LogP contribution in [0.5, 0.6) is 11.5 Å². The minimum atomic E-state index is -0.652. The Hall–Kier alpha value is -2.58. The van der Waals surface area contributed by atoms with Crippen molar-refractivity contribution in [2.24, 2.45) is 0 Å². The van der Waals surface area contributed by atoms with Crippen LogP contribution in [0.2, 0.25) is 0 Å². The molecule has 7 nitrogen and oxygen atoms in total. The van der Waals surface area contributed by atoms with Crippen LogP contribution in [0.1, 0.15) is 18.1 Å². The van der Waals surface area contributed by atoms with Gasteiger partial charge in [0.15, 0.2) is 0 Å². The molecule has 3 rings (SSSR count). The second-order valence-corrected chi connectivity index (χ2v) is 7.26. The maximum atomic E-state index is 10.3. The van der Waals surface area contributed by atoms with Crippen LogP contribution in [0, 0.1) is 13.8 Å². The van der Waals surface area contributed by atoms with Crippen molar-refractivity contribution in [1.82, 2.24) is 20.2 Å². The average Bonchev–Trinajstić information content (AvgIpc) is 3.16. The quantitative estimate of drug-likeness (QED) is 0.552. The fraction of sp³-hybridized carbons (Fsp3) is 0.350.